The average Bonchev–Trinajstić information content (AvgIpc) is 3.28. The van der Waals surface area contributed by atoms with Gasteiger partial charge >= 0.3 is 5.97 Å². The Balaban J connectivity index is 1.08. The van der Waals surface area contributed by atoms with E-state index in [-0.39, 0.29) is 35.6 Å². The molecule has 4 aromatic rings. The molecular formula is C30H29ClF2N4O5. The Hall–Kier alpha value is -3.80. The van der Waals surface area contributed by atoms with Crippen molar-refractivity contribution in [1.29, 1.82) is 0 Å². The van der Waals surface area contributed by atoms with E-state index in [1.54, 1.807) is 18.2 Å². The molecule has 2 aliphatic rings. The summed E-state index contributed by atoms with van der Waals surface area (Å²) in [4.78, 5) is 22.9. The van der Waals surface area contributed by atoms with Gasteiger partial charge in [0.25, 0.3) is 0 Å². The van der Waals surface area contributed by atoms with Crippen LogP contribution in [-0.4, -0.2) is 62.4 Å². The smallest absolute Gasteiger partial charge is 0.335 e. The summed E-state index contributed by atoms with van der Waals surface area (Å²) in [6, 6.07) is 12.1. The molecule has 42 heavy (non-hydrogen) atoms. The lowest BCUT2D eigenvalue weighted by Crippen LogP contribution is -2.39. The number of aromatic nitrogens is 3. The second-order valence-corrected chi connectivity index (χ2v) is 10.9. The number of ether oxygens (including phenoxy) is 3. The molecule has 12 heteroatoms. The predicted octanol–water partition coefficient (Wildman–Crippen LogP) is 5.47. The molecule has 9 nitrogen and oxygen atoms in total. The van der Waals surface area contributed by atoms with Gasteiger partial charge in [-0.15, -0.1) is 0 Å². The van der Waals surface area contributed by atoms with Crippen LogP contribution in [0.15, 0.2) is 48.5 Å². The summed E-state index contributed by atoms with van der Waals surface area (Å²) in [5, 5.41) is 9.73. The Morgan fingerprint density at radius 1 is 1.07 bits per heavy atom. The van der Waals surface area contributed by atoms with Gasteiger partial charge in [-0.2, -0.15) is 0 Å². The van der Waals surface area contributed by atoms with Crippen molar-refractivity contribution >= 4 is 28.6 Å². The van der Waals surface area contributed by atoms with E-state index in [9.17, 15) is 18.7 Å². The molecule has 220 valence electrons. The molecule has 0 amide bonds. The summed E-state index contributed by atoms with van der Waals surface area (Å²) >= 11 is 5.80. The summed E-state index contributed by atoms with van der Waals surface area (Å²) in [6.07, 6.45) is 2.35. The van der Waals surface area contributed by atoms with E-state index in [2.05, 4.69) is 14.9 Å². The molecule has 1 unspecified atom stereocenters. The lowest BCUT2D eigenvalue weighted by Gasteiger charge is -2.32. The van der Waals surface area contributed by atoms with Gasteiger partial charge in [0.05, 0.1) is 36.0 Å². The normalized spacial score (nSPS) is 17.7. The number of imidazole rings is 1. The maximum Gasteiger partial charge on any atom is 0.335 e. The van der Waals surface area contributed by atoms with Gasteiger partial charge in [0.2, 0.25) is 5.88 Å². The van der Waals surface area contributed by atoms with Crippen LogP contribution < -0.4 is 9.47 Å². The monoisotopic (exact) mass is 598 g/mol. The van der Waals surface area contributed by atoms with Crippen molar-refractivity contribution in [3.63, 3.8) is 0 Å². The number of hydrogen-bond donors (Lipinski definition) is 1. The van der Waals surface area contributed by atoms with Crippen LogP contribution in [0, 0.1) is 11.6 Å². The Kier molecular flexibility index (Phi) is 8.23. The number of carbonyl (C=O) groups is 1. The molecular weight excluding hydrogens is 570 g/mol. The van der Waals surface area contributed by atoms with Crippen LogP contribution >= 0.6 is 11.6 Å². The predicted molar refractivity (Wildman–Crippen MR) is 150 cm³/mol. The van der Waals surface area contributed by atoms with Crippen LogP contribution in [0.2, 0.25) is 5.02 Å². The second kappa shape index (κ2) is 12.2. The van der Waals surface area contributed by atoms with E-state index in [1.807, 2.05) is 10.6 Å². The third-order valence-electron chi connectivity index (χ3n) is 7.55. The minimum Gasteiger partial charge on any atom is -0.484 e. The largest absolute Gasteiger partial charge is 0.484 e. The van der Waals surface area contributed by atoms with E-state index in [4.69, 9.17) is 25.8 Å². The number of rotatable bonds is 10. The van der Waals surface area contributed by atoms with Crippen molar-refractivity contribution in [2.24, 2.45) is 0 Å². The van der Waals surface area contributed by atoms with Gasteiger partial charge in [-0.05, 0) is 55.7 Å². The number of carboxylic acid groups (broad SMARTS) is 1. The molecule has 2 aromatic carbocycles. The number of piperidine rings is 1. The van der Waals surface area contributed by atoms with Crippen LogP contribution in [0.5, 0.6) is 11.6 Å². The quantitative estimate of drug-likeness (QED) is 0.257. The first-order valence-corrected chi connectivity index (χ1v) is 14.2. The highest BCUT2D eigenvalue weighted by atomic mass is 35.5. The lowest BCUT2D eigenvalue weighted by atomic mass is 10.1. The van der Waals surface area contributed by atoms with Crippen LogP contribution in [-0.2, 0) is 24.4 Å². The summed E-state index contributed by atoms with van der Waals surface area (Å²) in [5.74, 6) is -1.13. The van der Waals surface area contributed by atoms with Gasteiger partial charge in [0, 0.05) is 30.8 Å². The van der Waals surface area contributed by atoms with Crippen LogP contribution in [0.1, 0.15) is 41.1 Å². The molecule has 0 spiro atoms. The molecule has 0 bridgehead atoms. The van der Waals surface area contributed by atoms with E-state index in [1.165, 1.54) is 18.2 Å². The van der Waals surface area contributed by atoms with Crippen LogP contribution in [0.25, 0.3) is 11.0 Å². The average molecular weight is 599 g/mol. The number of carboxylic acids is 1. The Morgan fingerprint density at radius 3 is 2.60 bits per heavy atom. The SMILES string of the molecule is O=C(O)c1cc(F)c2nc(CN3CCC(Oc4cccc(COc5ccc(Cl)cc5F)n4)CC3)n(CC3CCO3)c2c1. The Labute approximate surface area is 245 Å². The number of nitrogens with zero attached hydrogens (tertiary/aromatic N) is 4. The third-order valence-corrected chi connectivity index (χ3v) is 7.79. The van der Waals surface area contributed by atoms with Gasteiger partial charge in [0.15, 0.2) is 17.4 Å². The van der Waals surface area contributed by atoms with E-state index in [0.29, 0.717) is 47.6 Å². The van der Waals surface area contributed by atoms with Gasteiger partial charge in [0.1, 0.15) is 24.1 Å². The Morgan fingerprint density at radius 2 is 1.88 bits per heavy atom. The highest BCUT2D eigenvalue weighted by molar-refractivity contribution is 6.30. The first kappa shape index (κ1) is 28.3. The second-order valence-electron chi connectivity index (χ2n) is 10.5. The molecule has 2 aliphatic heterocycles. The third kappa shape index (κ3) is 6.33. The van der Waals surface area contributed by atoms with Gasteiger partial charge in [-0.3, -0.25) is 4.90 Å². The fraction of sp³-hybridized carbons (Fsp3) is 0.367. The Bertz CT molecular complexity index is 1600. The lowest BCUT2D eigenvalue weighted by molar-refractivity contribution is -0.0592. The zero-order chi connectivity index (χ0) is 29.2. The highest BCUT2D eigenvalue weighted by Gasteiger charge is 2.27. The number of halogens is 3. The number of aromatic carboxylic acids is 1. The summed E-state index contributed by atoms with van der Waals surface area (Å²) < 4.78 is 48.1. The molecule has 1 N–H and O–H groups in total. The first-order chi connectivity index (χ1) is 20.3. The van der Waals surface area contributed by atoms with Crippen molar-refractivity contribution in [3.05, 3.63) is 82.3 Å². The molecule has 2 fully saturated rings. The number of likely N-dealkylation sites (tertiary alicyclic amines) is 1. The number of benzene rings is 2. The maximum atomic E-state index is 14.8. The molecule has 2 saturated heterocycles. The molecule has 0 aliphatic carbocycles. The van der Waals surface area contributed by atoms with E-state index < -0.39 is 17.6 Å². The molecule has 4 heterocycles. The van der Waals surface area contributed by atoms with Crippen LogP contribution in [0.3, 0.4) is 0 Å². The maximum absolute atomic E-state index is 14.8. The molecule has 2 aromatic heterocycles. The van der Waals surface area contributed by atoms with Crippen molar-refractivity contribution in [2.45, 2.75) is 51.2 Å². The topological polar surface area (TPSA) is 98.9 Å². The molecule has 1 atom stereocenters. The van der Waals surface area contributed by atoms with Crippen LogP contribution in [0.4, 0.5) is 8.78 Å². The first-order valence-electron chi connectivity index (χ1n) is 13.8. The number of pyridine rings is 1. The fourth-order valence-electron chi connectivity index (χ4n) is 5.21. The van der Waals surface area contributed by atoms with Crippen molar-refractivity contribution in [2.75, 3.05) is 19.7 Å². The van der Waals surface area contributed by atoms with Gasteiger partial charge < -0.3 is 23.9 Å². The van der Waals surface area contributed by atoms with Crippen molar-refractivity contribution in [3.8, 4) is 11.6 Å². The number of fused-ring (bicyclic) bond motifs is 1. The van der Waals surface area contributed by atoms with Crippen molar-refractivity contribution in [1.82, 2.24) is 19.4 Å². The zero-order valence-electron chi connectivity index (χ0n) is 22.6. The van der Waals surface area contributed by atoms with E-state index >= 15 is 0 Å². The number of hydrogen-bond acceptors (Lipinski definition) is 7. The summed E-state index contributed by atoms with van der Waals surface area (Å²) in [7, 11) is 0. The van der Waals surface area contributed by atoms with E-state index in [0.717, 1.165) is 38.4 Å². The zero-order valence-corrected chi connectivity index (χ0v) is 23.4. The summed E-state index contributed by atoms with van der Waals surface area (Å²) in [6.45, 7) is 3.20. The molecule has 0 radical (unpaired) electrons. The summed E-state index contributed by atoms with van der Waals surface area (Å²) in [5.41, 5.74) is 1.12. The molecule has 0 saturated carbocycles. The van der Waals surface area contributed by atoms with Gasteiger partial charge in [-0.25, -0.2) is 23.5 Å². The van der Waals surface area contributed by atoms with Gasteiger partial charge in [-0.1, -0.05) is 17.7 Å². The molecule has 6 rings (SSSR count). The minimum atomic E-state index is -1.19. The standard InChI is InChI=1S/C30H29ClF2N4O5/c31-19-4-5-26(23(32)14-19)41-17-20-2-1-3-28(34-20)42-21-6-9-36(10-7-21)16-27-35-29-24(33)12-18(30(38)39)13-25(29)37(27)15-22-8-11-40-22/h1-5,12-14,21-22H,6-11,15-17H2,(H,38,39). The van der Waals surface area contributed by atoms with Crippen molar-refractivity contribution < 1.29 is 32.9 Å². The minimum absolute atomic E-state index is 0.00397. The highest BCUT2D eigenvalue weighted by Crippen LogP contribution is 2.27. The fourth-order valence-corrected chi connectivity index (χ4v) is 5.37.